The van der Waals surface area contributed by atoms with Gasteiger partial charge in [-0.05, 0) is 38.3 Å². The smallest absolute Gasteiger partial charge is 0.0791 e. The Bertz CT molecular complexity index is 424. The summed E-state index contributed by atoms with van der Waals surface area (Å²) in [6.07, 6.45) is 5.24. The van der Waals surface area contributed by atoms with E-state index in [0.717, 1.165) is 44.2 Å². The molecule has 1 aromatic heterocycles. The quantitative estimate of drug-likeness (QED) is 0.792. The van der Waals surface area contributed by atoms with E-state index in [9.17, 15) is 5.11 Å². The summed E-state index contributed by atoms with van der Waals surface area (Å²) in [5.74, 6) is 0.842. The maximum atomic E-state index is 10.2. The fourth-order valence-electron chi connectivity index (χ4n) is 3.01. The molecule has 1 fully saturated rings. The lowest BCUT2D eigenvalue weighted by molar-refractivity contribution is 0.0906. The SMILES string of the molecule is CCc1nn(C)cc1CNCC(O)CN1CCC(C)CC1. The average Bonchev–Trinajstić information content (AvgIpc) is 2.81. The van der Waals surface area contributed by atoms with Crippen LogP contribution in [0, 0.1) is 5.92 Å². The molecule has 1 aliphatic rings. The lowest BCUT2D eigenvalue weighted by atomic mass is 9.99. The molecule has 120 valence electrons. The third-order valence-electron chi connectivity index (χ3n) is 4.37. The topological polar surface area (TPSA) is 53.3 Å². The molecule has 21 heavy (non-hydrogen) atoms. The van der Waals surface area contributed by atoms with Crippen molar-refractivity contribution in [1.82, 2.24) is 20.0 Å². The molecule has 1 atom stereocenters. The largest absolute Gasteiger partial charge is 0.390 e. The van der Waals surface area contributed by atoms with Crippen molar-refractivity contribution >= 4 is 0 Å². The fraction of sp³-hybridized carbons (Fsp3) is 0.812. The summed E-state index contributed by atoms with van der Waals surface area (Å²) in [5, 5.41) is 17.9. The number of nitrogens with zero attached hydrogens (tertiary/aromatic N) is 3. The van der Waals surface area contributed by atoms with E-state index in [1.165, 1.54) is 18.4 Å². The van der Waals surface area contributed by atoms with E-state index < -0.39 is 0 Å². The molecule has 5 nitrogen and oxygen atoms in total. The highest BCUT2D eigenvalue weighted by molar-refractivity contribution is 5.16. The minimum absolute atomic E-state index is 0.292. The van der Waals surface area contributed by atoms with Gasteiger partial charge in [0.1, 0.15) is 0 Å². The molecule has 0 bridgehead atoms. The number of aryl methyl sites for hydroxylation is 2. The molecule has 0 saturated carbocycles. The van der Waals surface area contributed by atoms with E-state index >= 15 is 0 Å². The van der Waals surface area contributed by atoms with Gasteiger partial charge in [0.05, 0.1) is 11.8 Å². The van der Waals surface area contributed by atoms with Crippen molar-refractivity contribution in [2.45, 2.75) is 45.8 Å². The van der Waals surface area contributed by atoms with Crippen LogP contribution in [0.2, 0.25) is 0 Å². The maximum absolute atomic E-state index is 10.2. The molecular weight excluding hydrogens is 264 g/mol. The minimum Gasteiger partial charge on any atom is -0.390 e. The highest BCUT2D eigenvalue weighted by Crippen LogP contribution is 2.15. The van der Waals surface area contributed by atoms with Crippen LogP contribution in [0.15, 0.2) is 6.20 Å². The Morgan fingerprint density at radius 2 is 2.14 bits per heavy atom. The van der Waals surface area contributed by atoms with Gasteiger partial charge in [-0.3, -0.25) is 4.68 Å². The van der Waals surface area contributed by atoms with E-state index in [4.69, 9.17) is 0 Å². The summed E-state index contributed by atoms with van der Waals surface area (Å²) in [4.78, 5) is 2.38. The highest BCUT2D eigenvalue weighted by Gasteiger charge is 2.18. The van der Waals surface area contributed by atoms with Crippen LogP contribution in [0.5, 0.6) is 0 Å². The van der Waals surface area contributed by atoms with Gasteiger partial charge in [-0.1, -0.05) is 13.8 Å². The van der Waals surface area contributed by atoms with Crippen molar-refractivity contribution in [3.63, 3.8) is 0 Å². The lowest BCUT2D eigenvalue weighted by Gasteiger charge is -2.31. The minimum atomic E-state index is -0.292. The average molecular weight is 294 g/mol. The Hall–Kier alpha value is -0.910. The summed E-state index contributed by atoms with van der Waals surface area (Å²) in [7, 11) is 1.95. The lowest BCUT2D eigenvalue weighted by Crippen LogP contribution is -2.41. The number of aliphatic hydroxyl groups excluding tert-OH is 1. The zero-order valence-electron chi connectivity index (χ0n) is 13.7. The van der Waals surface area contributed by atoms with E-state index in [0.29, 0.717) is 6.54 Å². The van der Waals surface area contributed by atoms with Crippen LogP contribution in [-0.2, 0) is 20.0 Å². The third kappa shape index (κ3) is 5.09. The summed E-state index contributed by atoms with van der Waals surface area (Å²) in [5.41, 5.74) is 2.38. The monoisotopic (exact) mass is 294 g/mol. The van der Waals surface area contributed by atoms with Crippen molar-refractivity contribution in [2.75, 3.05) is 26.2 Å². The first kappa shape index (κ1) is 16.5. The number of likely N-dealkylation sites (tertiary alicyclic amines) is 1. The van der Waals surface area contributed by atoms with E-state index in [2.05, 4.69) is 35.4 Å². The van der Waals surface area contributed by atoms with Crippen molar-refractivity contribution in [2.24, 2.45) is 13.0 Å². The number of aromatic nitrogens is 2. The standard InChI is InChI=1S/C16H30N4O/c1-4-16-14(11-19(3)18-16)9-17-10-15(21)12-20-7-5-13(2)6-8-20/h11,13,15,17,21H,4-10,12H2,1-3H3. The van der Waals surface area contributed by atoms with Crippen molar-refractivity contribution < 1.29 is 5.11 Å². The number of rotatable bonds is 7. The first-order valence-corrected chi connectivity index (χ1v) is 8.21. The zero-order valence-corrected chi connectivity index (χ0v) is 13.7. The first-order chi connectivity index (χ1) is 10.1. The summed E-state index contributed by atoms with van der Waals surface area (Å²) in [6.45, 7) is 8.90. The molecule has 0 radical (unpaired) electrons. The highest BCUT2D eigenvalue weighted by atomic mass is 16.3. The molecule has 0 aromatic carbocycles. The molecule has 5 heteroatoms. The van der Waals surface area contributed by atoms with Crippen LogP contribution in [0.25, 0.3) is 0 Å². The third-order valence-corrected chi connectivity index (χ3v) is 4.37. The van der Waals surface area contributed by atoms with Crippen molar-refractivity contribution in [1.29, 1.82) is 0 Å². The normalized spacial score (nSPS) is 19.0. The Kier molecular flexibility index (Phi) is 6.21. The van der Waals surface area contributed by atoms with Gasteiger partial charge in [-0.2, -0.15) is 5.10 Å². The zero-order chi connectivity index (χ0) is 15.2. The summed E-state index contributed by atoms with van der Waals surface area (Å²) < 4.78 is 1.86. The van der Waals surface area contributed by atoms with Crippen molar-refractivity contribution in [3.05, 3.63) is 17.5 Å². The molecule has 1 aliphatic heterocycles. The van der Waals surface area contributed by atoms with Crippen LogP contribution >= 0.6 is 0 Å². The number of β-amino-alcohol motifs (C(OH)–C–C–N with tert-alkyl or cyclic N) is 1. The van der Waals surface area contributed by atoms with Crippen LogP contribution in [0.4, 0.5) is 0 Å². The van der Waals surface area contributed by atoms with E-state index in [1.54, 1.807) is 0 Å². The van der Waals surface area contributed by atoms with Crippen LogP contribution in [0.3, 0.4) is 0 Å². The molecule has 0 amide bonds. The number of hydrogen-bond donors (Lipinski definition) is 2. The second kappa shape index (κ2) is 7.92. The number of piperidine rings is 1. The Balaban J connectivity index is 1.68. The van der Waals surface area contributed by atoms with Crippen LogP contribution in [0.1, 0.15) is 37.9 Å². The molecule has 1 unspecified atom stereocenters. The molecule has 1 saturated heterocycles. The molecule has 0 aliphatic carbocycles. The molecule has 0 spiro atoms. The predicted molar refractivity (Wildman–Crippen MR) is 85.1 cm³/mol. The predicted octanol–water partition coefficient (Wildman–Crippen LogP) is 1.16. The van der Waals surface area contributed by atoms with Crippen LogP contribution < -0.4 is 5.32 Å². The molecule has 2 N–H and O–H groups in total. The Labute approximate surface area is 128 Å². The van der Waals surface area contributed by atoms with Gasteiger partial charge >= 0.3 is 0 Å². The van der Waals surface area contributed by atoms with E-state index in [1.807, 2.05) is 11.7 Å². The second-order valence-corrected chi connectivity index (χ2v) is 6.40. The summed E-state index contributed by atoms with van der Waals surface area (Å²) in [6, 6.07) is 0. The summed E-state index contributed by atoms with van der Waals surface area (Å²) >= 11 is 0. The van der Waals surface area contributed by atoms with Gasteiger partial charge < -0.3 is 15.3 Å². The van der Waals surface area contributed by atoms with Gasteiger partial charge in [0.15, 0.2) is 0 Å². The van der Waals surface area contributed by atoms with Gasteiger partial charge in [0.25, 0.3) is 0 Å². The Morgan fingerprint density at radius 1 is 1.43 bits per heavy atom. The number of aliphatic hydroxyl groups is 1. The first-order valence-electron chi connectivity index (χ1n) is 8.21. The van der Waals surface area contributed by atoms with Gasteiger partial charge in [0.2, 0.25) is 0 Å². The molecule has 1 aromatic rings. The van der Waals surface area contributed by atoms with Crippen molar-refractivity contribution in [3.8, 4) is 0 Å². The van der Waals surface area contributed by atoms with Crippen LogP contribution in [-0.4, -0.2) is 52.1 Å². The number of nitrogens with one attached hydrogen (secondary N) is 1. The number of hydrogen-bond acceptors (Lipinski definition) is 4. The van der Waals surface area contributed by atoms with Gasteiger partial charge in [-0.25, -0.2) is 0 Å². The van der Waals surface area contributed by atoms with Gasteiger partial charge in [0, 0.05) is 38.4 Å². The maximum Gasteiger partial charge on any atom is 0.0791 e. The molecule has 2 heterocycles. The Morgan fingerprint density at radius 3 is 2.81 bits per heavy atom. The molecule has 2 rings (SSSR count). The fourth-order valence-corrected chi connectivity index (χ4v) is 3.01. The van der Waals surface area contributed by atoms with Gasteiger partial charge in [-0.15, -0.1) is 0 Å². The second-order valence-electron chi connectivity index (χ2n) is 6.40. The molecular formula is C16H30N4O. The van der Waals surface area contributed by atoms with E-state index in [-0.39, 0.29) is 6.10 Å².